The molecule has 0 saturated heterocycles. The van der Waals surface area contributed by atoms with Gasteiger partial charge in [0.1, 0.15) is 23.8 Å². The second-order valence-electron chi connectivity index (χ2n) is 6.17. The largest absolute Gasteiger partial charge is 0.384 e. The van der Waals surface area contributed by atoms with Crippen molar-refractivity contribution < 1.29 is 0 Å². The van der Waals surface area contributed by atoms with Gasteiger partial charge in [0, 0.05) is 17.8 Å². The first-order valence-electron chi connectivity index (χ1n) is 8.58. The molecule has 0 atom stereocenters. The van der Waals surface area contributed by atoms with E-state index in [1.54, 1.807) is 12.3 Å². The summed E-state index contributed by atoms with van der Waals surface area (Å²) >= 11 is 0. The number of hydrogen-bond acceptors (Lipinski definition) is 6. The molecule has 0 amide bonds. The summed E-state index contributed by atoms with van der Waals surface area (Å²) in [5.74, 6) is 1.85. The van der Waals surface area contributed by atoms with Gasteiger partial charge in [0.15, 0.2) is 0 Å². The Balaban J connectivity index is 1.68. The SMILES string of the molecule is Cc1ccc(-c2nc(CNc3cc(N)ncn3)[nH]c2-c2ccccn2)cc1. The predicted octanol–water partition coefficient (Wildman–Crippen LogP) is 3.43. The van der Waals surface area contributed by atoms with Crippen LogP contribution in [-0.4, -0.2) is 24.9 Å². The first-order valence-corrected chi connectivity index (χ1v) is 8.58. The third-order valence-electron chi connectivity index (χ3n) is 4.12. The van der Waals surface area contributed by atoms with Crippen molar-refractivity contribution >= 4 is 11.6 Å². The third kappa shape index (κ3) is 3.77. The van der Waals surface area contributed by atoms with Crippen LogP contribution in [0, 0.1) is 6.92 Å². The highest BCUT2D eigenvalue weighted by Gasteiger charge is 2.15. The highest BCUT2D eigenvalue weighted by Crippen LogP contribution is 2.29. The van der Waals surface area contributed by atoms with Crippen LogP contribution in [0.15, 0.2) is 61.1 Å². The lowest BCUT2D eigenvalue weighted by molar-refractivity contribution is 0.984. The maximum atomic E-state index is 5.70. The number of nitrogens with one attached hydrogen (secondary N) is 2. The molecule has 0 radical (unpaired) electrons. The van der Waals surface area contributed by atoms with Crippen LogP contribution in [0.4, 0.5) is 11.6 Å². The van der Waals surface area contributed by atoms with Crippen molar-refractivity contribution in [3.8, 4) is 22.6 Å². The highest BCUT2D eigenvalue weighted by molar-refractivity contribution is 5.76. The quantitative estimate of drug-likeness (QED) is 0.505. The van der Waals surface area contributed by atoms with Gasteiger partial charge in [-0.25, -0.2) is 15.0 Å². The van der Waals surface area contributed by atoms with Crippen LogP contribution in [0.2, 0.25) is 0 Å². The van der Waals surface area contributed by atoms with Crippen molar-refractivity contribution in [3.05, 3.63) is 72.4 Å². The standard InChI is InChI=1S/C20H19N7/c1-13-5-7-14(8-6-13)19-20(15-4-2-3-9-22-15)27-18(26-19)11-23-17-10-16(21)24-12-25-17/h2-10,12H,11H2,1H3,(H,26,27)(H3,21,23,24,25). The second kappa shape index (κ2) is 7.25. The van der Waals surface area contributed by atoms with Crippen molar-refractivity contribution in [1.82, 2.24) is 24.9 Å². The third-order valence-corrected chi connectivity index (χ3v) is 4.12. The summed E-state index contributed by atoms with van der Waals surface area (Å²) in [6.45, 7) is 2.54. The summed E-state index contributed by atoms with van der Waals surface area (Å²) < 4.78 is 0. The molecule has 0 bridgehead atoms. The molecule has 0 unspecified atom stereocenters. The van der Waals surface area contributed by atoms with E-state index < -0.39 is 0 Å². The minimum atomic E-state index is 0.418. The van der Waals surface area contributed by atoms with E-state index in [0.717, 1.165) is 28.5 Å². The Morgan fingerprint density at radius 2 is 1.89 bits per heavy atom. The van der Waals surface area contributed by atoms with Crippen molar-refractivity contribution in [1.29, 1.82) is 0 Å². The van der Waals surface area contributed by atoms with E-state index >= 15 is 0 Å². The van der Waals surface area contributed by atoms with Gasteiger partial charge in [-0.2, -0.15) is 0 Å². The lowest BCUT2D eigenvalue weighted by atomic mass is 10.1. The van der Waals surface area contributed by atoms with Crippen molar-refractivity contribution in [2.24, 2.45) is 0 Å². The van der Waals surface area contributed by atoms with Gasteiger partial charge in [0.05, 0.1) is 23.6 Å². The topological polar surface area (TPSA) is 105 Å². The van der Waals surface area contributed by atoms with Crippen molar-refractivity contribution in [3.63, 3.8) is 0 Å². The highest BCUT2D eigenvalue weighted by atomic mass is 15.1. The van der Waals surface area contributed by atoms with Gasteiger partial charge in [0.25, 0.3) is 0 Å². The number of hydrogen-bond donors (Lipinski definition) is 3. The van der Waals surface area contributed by atoms with Crippen LogP contribution in [-0.2, 0) is 6.54 Å². The van der Waals surface area contributed by atoms with Gasteiger partial charge in [-0.05, 0) is 19.1 Å². The summed E-state index contributed by atoms with van der Waals surface area (Å²) in [4.78, 5) is 20.7. The molecule has 134 valence electrons. The number of aromatic nitrogens is 5. The first-order chi connectivity index (χ1) is 13.2. The van der Waals surface area contributed by atoms with E-state index in [9.17, 15) is 0 Å². The monoisotopic (exact) mass is 357 g/mol. The average Bonchev–Trinajstić information content (AvgIpc) is 3.12. The molecule has 7 heteroatoms. The van der Waals surface area contributed by atoms with Gasteiger partial charge in [-0.3, -0.25) is 4.98 Å². The van der Waals surface area contributed by atoms with Gasteiger partial charge >= 0.3 is 0 Å². The molecule has 4 rings (SSSR count). The summed E-state index contributed by atoms with van der Waals surface area (Å²) in [6.07, 6.45) is 3.20. The molecule has 1 aromatic carbocycles. The number of aromatic amines is 1. The Labute approximate surface area is 156 Å². The Bertz CT molecular complexity index is 1040. The zero-order valence-electron chi connectivity index (χ0n) is 14.8. The molecule has 0 saturated carbocycles. The fourth-order valence-electron chi connectivity index (χ4n) is 2.77. The Morgan fingerprint density at radius 1 is 1.04 bits per heavy atom. The van der Waals surface area contributed by atoms with Crippen LogP contribution in [0.25, 0.3) is 22.6 Å². The van der Waals surface area contributed by atoms with E-state index in [4.69, 9.17) is 10.7 Å². The molecule has 0 spiro atoms. The van der Waals surface area contributed by atoms with Gasteiger partial charge in [-0.15, -0.1) is 0 Å². The normalized spacial score (nSPS) is 10.7. The smallest absolute Gasteiger partial charge is 0.131 e. The van der Waals surface area contributed by atoms with Crippen LogP contribution < -0.4 is 11.1 Å². The molecule has 0 aliphatic carbocycles. The summed E-state index contributed by atoms with van der Waals surface area (Å²) in [6, 6.07) is 15.8. The number of nitrogens with zero attached hydrogens (tertiary/aromatic N) is 4. The number of nitrogens with two attached hydrogens (primary N) is 1. The van der Waals surface area contributed by atoms with Crippen molar-refractivity contribution in [2.45, 2.75) is 13.5 Å². The molecule has 4 N–H and O–H groups in total. The summed E-state index contributed by atoms with van der Waals surface area (Å²) in [7, 11) is 0. The maximum absolute atomic E-state index is 5.70. The molecule has 7 nitrogen and oxygen atoms in total. The number of H-pyrrole nitrogens is 1. The maximum Gasteiger partial charge on any atom is 0.131 e. The summed E-state index contributed by atoms with van der Waals surface area (Å²) in [5, 5.41) is 3.21. The number of imidazole rings is 1. The molecular weight excluding hydrogens is 338 g/mol. The average molecular weight is 357 g/mol. The Morgan fingerprint density at radius 3 is 2.63 bits per heavy atom. The molecular formula is C20H19N7. The molecule has 3 heterocycles. The zero-order chi connectivity index (χ0) is 18.6. The van der Waals surface area contributed by atoms with E-state index in [0.29, 0.717) is 18.2 Å². The number of pyridine rings is 1. The Kier molecular flexibility index (Phi) is 4.49. The molecule has 0 fully saturated rings. The van der Waals surface area contributed by atoms with Crippen molar-refractivity contribution in [2.75, 3.05) is 11.1 Å². The van der Waals surface area contributed by atoms with Crippen LogP contribution in [0.5, 0.6) is 0 Å². The predicted molar refractivity (Wildman–Crippen MR) is 106 cm³/mol. The zero-order valence-corrected chi connectivity index (χ0v) is 14.8. The molecule has 0 aliphatic rings. The van der Waals surface area contributed by atoms with E-state index in [1.165, 1.54) is 11.9 Å². The fourth-order valence-corrected chi connectivity index (χ4v) is 2.77. The second-order valence-corrected chi connectivity index (χ2v) is 6.17. The summed E-state index contributed by atoms with van der Waals surface area (Å²) in [5.41, 5.74) is 10.5. The fraction of sp³-hybridized carbons (Fsp3) is 0.100. The first kappa shape index (κ1) is 16.7. The number of nitrogen functional groups attached to an aromatic ring is 1. The van der Waals surface area contributed by atoms with E-state index in [2.05, 4.69) is 56.4 Å². The van der Waals surface area contributed by atoms with E-state index in [1.807, 2.05) is 18.2 Å². The van der Waals surface area contributed by atoms with Gasteiger partial charge in [-0.1, -0.05) is 35.9 Å². The minimum absolute atomic E-state index is 0.418. The number of benzene rings is 1. The lowest BCUT2D eigenvalue weighted by Gasteiger charge is -2.03. The van der Waals surface area contributed by atoms with Gasteiger partial charge < -0.3 is 16.0 Å². The van der Waals surface area contributed by atoms with Crippen LogP contribution >= 0.6 is 0 Å². The molecule has 27 heavy (non-hydrogen) atoms. The van der Waals surface area contributed by atoms with Crippen LogP contribution in [0.1, 0.15) is 11.4 Å². The number of rotatable bonds is 5. The lowest BCUT2D eigenvalue weighted by Crippen LogP contribution is -2.04. The Hall–Kier alpha value is -3.74. The molecule has 0 aliphatic heterocycles. The minimum Gasteiger partial charge on any atom is -0.384 e. The van der Waals surface area contributed by atoms with E-state index in [-0.39, 0.29) is 0 Å². The van der Waals surface area contributed by atoms with Crippen LogP contribution in [0.3, 0.4) is 0 Å². The number of anilines is 2. The molecule has 4 aromatic rings. The van der Waals surface area contributed by atoms with Gasteiger partial charge in [0.2, 0.25) is 0 Å². The number of aryl methyl sites for hydroxylation is 1. The molecule has 3 aromatic heterocycles.